The second-order valence-electron chi connectivity index (χ2n) is 6.28. The van der Waals surface area contributed by atoms with Crippen molar-refractivity contribution in [3.8, 4) is 17.1 Å². The highest BCUT2D eigenvalue weighted by Gasteiger charge is 2.19. The molecule has 0 atom stereocenters. The number of para-hydroxylation sites is 2. The number of carbonyl (C=O) groups is 1. The van der Waals surface area contributed by atoms with Crippen LogP contribution >= 0.6 is 0 Å². The molecule has 1 heterocycles. The van der Waals surface area contributed by atoms with Crippen LogP contribution in [0.2, 0.25) is 0 Å². The Morgan fingerprint density at radius 2 is 1.61 bits per heavy atom. The number of rotatable bonds is 4. The molecule has 0 spiro atoms. The summed E-state index contributed by atoms with van der Waals surface area (Å²) in [7, 11) is 0. The average Bonchev–Trinajstić information content (AvgIpc) is 3.16. The number of amides is 1. The Morgan fingerprint density at radius 3 is 2.32 bits per heavy atom. The van der Waals surface area contributed by atoms with E-state index in [1.165, 1.54) is 12.1 Å². The van der Waals surface area contributed by atoms with Gasteiger partial charge in [-0.25, -0.2) is 14.1 Å². The van der Waals surface area contributed by atoms with Crippen molar-refractivity contribution in [1.82, 2.24) is 14.8 Å². The number of hydrogen-bond donors (Lipinski definition) is 1. The smallest absolute Gasteiger partial charge is 0.295 e. The molecule has 0 unspecified atom stereocenters. The lowest BCUT2D eigenvalue weighted by molar-refractivity contribution is 0.101. The predicted octanol–water partition coefficient (Wildman–Crippen LogP) is 4.63. The van der Waals surface area contributed by atoms with Crippen molar-refractivity contribution in [3.05, 3.63) is 96.1 Å². The van der Waals surface area contributed by atoms with E-state index >= 15 is 0 Å². The topological polar surface area (TPSA) is 59.8 Å². The zero-order chi connectivity index (χ0) is 19.5. The molecular formula is C22H17FN4O. The summed E-state index contributed by atoms with van der Waals surface area (Å²) in [6.45, 7) is 1.91. The highest BCUT2D eigenvalue weighted by Crippen LogP contribution is 2.22. The zero-order valence-electron chi connectivity index (χ0n) is 15.1. The Kier molecular flexibility index (Phi) is 4.68. The molecule has 0 aliphatic rings. The number of anilines is 1. The van der Waals surface area contributed by atoms with Crippen molar-refractivity contribution < 1.29 is 9.18 Å². The van der Waals surface area contributed by atoms with Crippen LogP contribution < -0.4 is 5.32 Å². The SMILES string of the molecule is Cc1ccccc1NC(=O)c1nc(-c2ccc(F)cc2)n(-c2ccccc2)n1. The average molecular weight is 372 g/mol. The van der Waals surface area contributed by atoms with Crippen LogP contribution in [0.25, 0.3) is 17.1 Å². The second-order valence-corrected chi connectivity index (χ2v) is 6.28. The summed E-state index contributed by atoms with van der Waals surface area (Å²) in [5, 5.41) is 7.25. The van der Waals surface area contributed by atoms with Gasteiger partial charge in [0, 0.05) is 11.3 Å². The predicted molar refractivity (Wildman–Crippen MR) is 106 cm³/mol. The van der Waals surface area contributed by atoms with Crippen LogP contribution in [-0.2, 0) is 0 Å². The van der Waals surface area contributed by atoms with Crippen LogP contribution in [0.1, 0.15) is 16.2 Å². The molecule has 5 nitrogen and oxygen atoms in total. The Hall–Kier alpha value is -3.80. The fourth-order valence-electron chi connectivity index (χ4n) is 2.83. The highest BCUT2D eigenvalue weighted by molar-refractivity contribution is 6.02. The summed E-state index contributed by atoms with van der Waals surface area (Å²) in [4.78, 5) is 17.2. The summed E-state index contributed by atoms with van der Waals surface area (Å²) in [6.07, 6.45) is 0. The first-order valence-electron chi connectivity index (χ1n) is 8.77. The molecule has 0 saturated carbocycles. The summed E-state index contributed by atoms with van der Waals surface area (Å²) in [5.41, 5.74) is 3.06. The Labute approximate surface area is 161 Å². The minimum absolute atomic E-state index is 0.0337. The van der Waals surface area contributed by atoms with Gasteiger partial charge in [-0.2, -0.15) is 0 Å². The number of hydrogen-bond acceptors (Lipinski definition) is 3. The molecule has 4 aromatic rings. The third-order valence-electron chi connectivity index (χ3n) is 4.31. The van der Waals surface area contributed by atoms with E-state index in [4.69, 9.17) is 0 Å². The first-order chi connectivity index (χ1) is 13.6. The lowest BCUT2D eigenvalue weighted by atomic mass is 10.2. The van der Waals surface area contributed by atoms with Crippen LogP contribution in [0, 0.1) is 12.7 Å². The van der Waals surface area contributed by atoms with Crippen molar-refractivity contribution in [2.24, 2.45) is 0 Å². The van der Waals surface area contributed by atoms with Gasteiger partial charge in [0.1, 0.15) is 5.82 Å². The molecule has 138 valence electrons. The molecule has 0 radical (unpaired) electrons. The third kappa shape index (κ3) is 3.53. The number of nitrogens with one attached hydrogen (secondary N) is 1. The normalized spacial score (nSPS) is 10.6. The molecule has 1 N–H and O–H groups in total. The molecule has 6 heteroatoms. The summed E-state index contributed by atoms with van der Waals surface area (Å²) in [5.74, 6) is -0.257. The number of aryl methyl sites for hydroxylation is 1. The van der Waals surface area contributed by atoms with Crippen LogP contribution in [-0.4, -0.2) is 20.7 Å². The van der Waals surface area contributed by atoms with Crippen molar-refractivity contribution in [2.75, 3.05) is 5.32 Å². The van der Waals surface area contributed by atoms with E-state index in [1.54, 1.807) is 16.8 Å². The first kappa shape index (κ1) is 17.6. The van der Waals surface area contributed by atoms with Crippen LogP contribution in [0.3, 0.4) is 0 Å². The standard InChI is InChI=1S/C22H17FN4O/c1-15-7-5-6-10-19(15)24-22(28)20-25-21(16-11-13-17(23)14-12-16)27(26-20)18-8-3-2-4-9-18/h2-14H,1H3,(H,24,28). The van der Waals surface area contributed by atoms with Gasteiger partial charge in [-0.3, -0.25) is 4.79 Å². The Bertz CT molecular complexity index is 1120. The first-order valence-corrected chi connectivity index (χ1v) is 8.77. The number of carbonyl (C=O) groups excluding carboxylic acids is 1. The zero-order valence-corrected chi connectivity index (χ0v) is 15.1. The van der Waals surface area contributed by atoms with E-state index < -0.39 is 5.91 Å². The number of nitrogens with zero attached hydrogens (tertiary/aromatic N) is 3. The second kappa shape index (κ2) is 7.44. The van der Waals surface area contributed by atoms with Crippen LogP contribution in [0.15, 0.2) is 78.9 Å². The number of benzene rings is 3. The monoisotopic (exact) mass is 372 g/mol. The van der Waals surface area contributed by atoms with Crippen molar-refractivity contribution in [1.29, 1.82) is 0 Å². The fourth-order valence-corrected chi connectivity index (χ4v) is 2.83. The quantitative estimate of drug-likeness (QED) is 0.568. The highest BCUT2D eigenvalue weighted by atomic mass is 19.1. The third-order valence-corrected chi connectivity index (χ3v) is 4.31. The molecule has 4 rings (SSSR count). The maximum Gasteiger partial charge on any atom is 0.295 e. The van der Waals surface area contributed by atoms with Gasteiger partial charge in [-0.1, -0.05) is 36.4 Å². The van der Waals surface area contributed by atoms with E-state index in [0.717, 1.165) is 11.3 Å². The number of halogens is 1. The molecule has 1 amide bonds. The van der Waals surface area contributed by atoms with Crippen molar-refractivity contribution in [3.63, 3.8) is 0 Å². The van der Waals surface area contributed by atoms with Crippen molar-refractivity contribution >= 4 is 11.6 Å². The molecule has 1 aromatic heterocycles. The number of aromatic nitrogens is 3. The maximum absolute atomic E-state index is 13.3. The van der Waals surface area contributed by atoms with E-state index in [2.05, 4.69) is 15.4 Å². The maximum atomic E-state index is 13.3. The van der Waals surface area contributed by atoms with E-state index in [1.807, 2.05) is 61.5 Å². The Balaban J connectivity index is 1.76. The summed E-state index contributed by atoms with van der Waals surface area (Å²) in [6, 6.07) is 22.8. The fraction of sp³-hybridized carbons (Fsp3) is 0.0455. The van der Waals surface area contributed by atoms with Crippen molar-refractivity contribution in [2.45, 2.75) is 6.92 Å². The molecule has 0 fully saturated rings. The van der Waals surface area contributed by atoms with Gasteiger partial charge < -0.3 is 5.32 Å². The van der Waals surface area contributed by atoms with Gasteiger partial charge in [0.15, 0.2) is 5.82 Å². The molecular weight excluding hydrogens is 355 g/mol. The van der Waals surface area contributed by atoms with Gasteiger partial charge in [0.2, 0.25) is 5.82 Å². The summed E-state index contributed by atoms with van der Waals surface area (Å²) < 4.78 is 14.9. The largest absolute Gasteiger partial charge is 0.319 e. The van der Waals surface area contributed by atoms with Gasteiger partial charge in [0.05, 0.1) is 5.69 Å². The summed E-state index contributed by atoms with van der Waals surface area (Å²) >= 11 is 0. The van der Waals surface area contributed by atoms with Crippen LogP contribution in [0.5, 0.6) is 0 Å². The van der Waals surface area contributed by atoms with Gasteiger partial charge in [-0.05, 0) is 55.0 Å². The lowest BCUT2D eigenvalue weighted by Crippen LogP contribution is -2.15. The van der Waals surface area contributed by atoms with E-state index in [-0.39, 0.29) is 11.6 Å². The van der Waals surface area contributed by atoms with Gasteiger partial charge >= 0.3 is 0 Å². The lowest BCUT2D eigenvalue weighted by Gasteiger charge is -2.05. The van der Waals surface area contributed by atoms with E-state index in [9.17, 15) is 9.18 Å². The molecule has 3 aromatic carbocycles. The molecule has 0 saturated heterocycles. The molecule has 28 heavy (non-hydrogen) atoms. The Morgan fingerprint density at radius 1 is 0.929 bits per heavy atom. The molecule has 0 bridgehead atoms. The molecule has 0 aliphatic carbocycles. The molecule has 0 aliphatic heterocycles. The van der Waals surface area contributed by atoms with Gasteiger partial charge in [-0.15, -0.1) is 5.10 Å². The van der Waals surface area contributed by atoms with Gasteiger partial charge in [0.25, 0.3) is 5.91 Å². The minimum Gasteiger partial charge on any atom is -0.319 e. The van der Waals surface area contributed by atoms with Crippen LogP contribution in [0.4, 0.5) is 10.1 Å². The minimum atomic E-state index is -0.410. The van der Waals surface area contributed by atoms with E-state index in [0.29, 0.717) is 17.1 Å².